The van der Waals surface area contributed by atoms with Gasteiger partial charge in [0.25, 0.3) is 0 Å². The van der Waals surface area contributed by atoms with Crippen LogP contribution in [-0.4, -0.2) is 8.42 Å². The Balaban J connectivity index is 1.94. The van der Waals surface area contributed by atoms with E-state index in [2.05, 4.69) is 0 Å². The molecule has 0 radical (unpaired) electrons. The quantitative estimate of drug-likeness (QED) is 0.689. The van der Waals surface area contributed by atoms with E-state index in [0.717, 1.165) is 16.7 Å². The zero-order chi connectivity index (χ0) is 14.9. The van der Waals surface area contributed by atoms with Gasteiger partial charge in [-0.2, -0.15) is 8.42 Å². The van der Waals surface area contributed by atoms with Crippen LogP contribution >= 0.6 is 0 Å². The summed E-state index contributed by atoms with van der Waals surface area (Å²) in [6.07, 6.45) is 0. The molecule has 0 fully saturated rings. The third kappa shape index (κ3) is 2.90. The molecule has 106 valence electrons. The van der Waals surface area contributed by atoms with Gasteiger partial charge in [-0.25, -0.2) is 0 Å². The molecule has 0 unspecified atom stereocenters. The first kappa shape index (κ1) is 13.6. The fourth-order valence-corrected chi connectivity index (χ4v) is 3.03. The topological polar surface area (TPSA) is 43.4 Å². The molecule has 0 heterocycles. The Bertz CT molecular complexity index is 805. The molecule has 0 aromatic heterocycles. The highest BCUT2D eigenvalue weighted by Crippen LogP contribution is 2.31. The number of benzene rings is 1. The highest BCUT2D eigenvalue weighted by molar-refractivity contribution is 7.87. The molecule has 0 aliphatic heterocycles. The van der Waals surface area contributed by atoms with Crippen LogP contribution in [0.4, 0.5) is 0 Å². The van der Waals surface area contributed by atoms with Gasteiger partial charge in [-0.1, -0.05) is 48.0 Å². The lowest BCUT2D eigenvalue weighted by molar-refractivity contribution is 0.487. The van der Waals surface area contributed by atoms with E-state index in [9.17, 15) is 8.42 Å². The van der Waals surface area contributed by atoms with Gasteiger partial charge in [0.1, 0.15) is 10.6 Å². The molecule has 3 nitrogen and oxygen atoms in total. The van der Waals surface area contributed by atoms with Crippen molar-refractivity contribution in [2.45, 2.75) is 11.8 Å². The van der Waals surface area contributed by atoms with E-state index in [4.69, 9.17) is 4.18 Å². The molecule has 3 rings (SSSR count). The summed E-state index contributed by atoms with van der Waals surface area (Å²) in [6.45, 7) is 1.90. The van der Waals surface area contributed by atoms with Gasteiger partial charge in [0.2, 0.25) is 0 Å². The molecule has 4 heteroatoms. The van der Waals surface area contributed by atoms with Gasteiger partial charge in [-0.15, -0.1) is 0 Å². The molecular weight excluding hydrogens is 284 g/mol. The van der Waals surface area contributed by atoms with Crippen molar-refractivity contribution in [3.05, 3.63) is 72.3 Å². The lowest BCUT2D eigenvalue weighted by Crippen LogP contribution is -2.09. The van der Waals surface area contributed by atoms with Crippen molar-refractivity contribution in [1.29, 1.82) is 0 Å². The van der Waals surface area contributed by atoms with E-state index >= 15 is 0 Å². The van der Waals surface area contributed by atoms with Gasteiger partial charge in [0.05, 0.1) is 0 Å². The SMILES string of the molecule is Cc1ccc(S(=O)(=O)Oc2cc3cccccc-3c2)cc1. The molecule has 21 heavy (non-hydrogen) atoms. The minimum atomic E-state index is -3.79. The van der Waals surface area contributed by atoms with E-state index in [0.29, 0.717) is 5.75 Å². The Morgan fingerprint density at radius 2 is 1.38 bits per heavy atom. The molecular formula is C17H14O3S. The second-order valence-corrected chi connectivity index (χ2v) is 6.41. The maximum absolute atomic E-state index is 12.2. The average Bonchev–Trinajstić information content (AvgIpc) is 2.67. The van der Waals surface area contributed by atoms with Crippen LogP contribution in [0.15, 0.2) is 71.6 Å². The van der Waals surface area contributed by atoms with Gasteiger partial charge in [0.15, 0.2) is 0 Å². The van der Waals surface area contributed by atoms with Gasteiger partial charge >= 0.3 is 10.1 Å². The van der Waals surface area contributed by atoms with Crippen molar-refractivity contribution in [2.75, 3.05) is 0 Å². The summed E-state index contributed by atoms with van der Waals surface area (Å²) in [5.41, 5.74) is 2.88. The standard InChI is InChI=1S/C17H14O3S/c1-13-7-9-17(10-8-13)21(18,19)20-16-11-14-5-3-2-4-6-15(14)12-16/h2-12H,1H3. The van der Waals surface area contributed by atoms with Crippen molar-refractivity contribution in [2.24, 2.45) is 0 Å². The first-order chi connectivity index (χ1) is 10.0. The molecule has 1 aromatic rings. The molecule has 0 saturated heterocycles. The van der Waals surface area contributed by atoms with Crippen molar-refractivity contribution in [3.63, 3.8) is 0 Å². The van der Waals surface area contributed by atoms with E-state index < -0.39 is 10.1 Å². The Labute approximate surface area is 124 Å². The number of hydrogen-bond donors (Lipinski definition) is 0. The third-order valence-electron chi connectivity index (χ3n) is 3.22. The summed E-state index contributed by atoms with van der Waals surface area (Å²) in [7, 11) is -3.79. The lowest BCUT2D eigenvalue weighted by atomic mass is 10.2. The molecule has 0 amide bonds. The van der Waals surface area contributed by atoms with E-state index in [-0.39, 0.29) is 4.90 Å². The van der Waals surface area contributed by atoms with Gasteiger partial charge in [-0.05, 0) is 42.3 Å². The number of fused-ring (bicyclic) bond motifs is 1. The minimum absolute atomic E-state index is 0.156. The van der Waals surface area contributed by atoms with Gasteiger partial charge < -0.3 is 4.18 Å². The van der Waals surface area contributed by atoms with Crippen LogP contribution < -0.4 is 4.18 Å². The monoisotopic (exact) mass is 298 g/mol. The Hall–Kier alpha value is -2.33. The molecule has 0 bridgehead atoms. The van der Waals surface area contributed by atoms with Crippen LogP contribution in [-0.2, 0) is 10.1 Å². The summed E-state index contributed by atoms with van der Waals surface area (Å²) >= 11 is 0. The summed E-state index contributed by atoms with van der Waals surface area (Å²) in [4.78, 5) is 0.156. The first-order valence-corrected chi connectivity index (χ1v) is 7.95. The average molecular weight is 298 g/mol. The van der Waals surface area contributed by atoms with Crippen LogP contribution in [0.2, 0.25) is 0 Å². The number of rotatable bonds is 3. The Kier molecular flexibility index (Phi) is 3.39. The van der Waals surface area contributed by atoms with E-state index in [1.807, 2.05) is 37.3 Å². The fourth-order valence-electron chi connectivity index (χ4n) is 2.11. The Morgan fingerprint density at radius 3 is 1.95 bits per heavy atom. The third-order valence-corrected chi connectivity index (χ3v) is 4.48. The predicted octanol–water partition coefficient (Wildman–Crippen LogP) is 3.87. The predicted molar refractivity (Wildman–Crippen MR) is 82.1 cm³/mol. The maximum Gasteiger partial charge on any atom is 0.339 e. The second kappa shape index (κ2) is 5.22. The molecule has 0 atom stereocenters. The van der Waals surface area contributed by atoms with Crippen molar-refractivity contribution >= 4 is 10.1 Å². The van der Waals surface area contributed by atoms with Crippen LogP contribution in [0.3, 0.4) is 0 Å². The molecule has 1 aromatic carbocycles. The molecule has 2 aliphatic rings. The summed E-state index contributed by atoms with van der Waals surface area (Å²) in [6, 6.07) is 19.6. The van der Waals surface area contributed by atoms with Crippen molar-refractivity contribution < 1.29 is 12.6 Å². The largest absolute Gasteiger partial charge is 0.379 e. The normalized spacial score (nSPS) is 11.5. The van der Waals surface area contributed by atoms with Crippen LogP contribution in [0.5, 0.6) is 5.75 Å². The molecule has 2 aliphatic carbocycles. The van der Waals surface area contributed by atoms with Crippen LogP contribution in [0.1, 0.15) is 5.56 Å². The van der Waals surface area contributed by atoms with Crippen LogP contribution in [0, 0.1) is 6.92 Å². The van der Waals surface area contributed by atoms with Gasteiger partial charge in [-0.3, -0.25) is 0 Å². The molecule has 0 saturated carbocycles. The number of hydrogen-bond acceptors (Lipinski definition) is 3. The fraction of sp³-hybridized carbons (Fsp3) is 0.0588. The summed E-state index contributed by atoms with van der Waals surface area (Å²) in [5.74, 6) is 0.330. The summed E-state index contributed by atoms with van der Waals surface area (Å²) < 4.78 is 29.7. The second-order valence-electron chi connectivity index (χ2n) is 4.86. The highest BCUT2D eigenvalue weighted by atomic mass is 32.2. The first-order valence-electron chi connectivity index (χ1n) is 6.54. The maximum atomic E-state index is 12.2. The zero-order valence-corrected chi connectivity index (χ0v) is 12.3. The van der Waals surface area contributed by atoms with Gasteiger partial charge in [0, 0.05) is 0 Å². The highest BCUT2D eigenvalue weighted by Gasteiger charge is 2.18. The van der Waals surface area contributed by atoms with E-state index in [1.54, 1.807) is 36.4 Å². The molecule has 0 spiro atoms. The summed E-state index contributed by atoms with van der Waals surface area (Å²) in [5, 5.41) is 0. The van der Waals surface area contributed by atoms with Crippen molar-refractivity contribution in [1.82, 2.24) is 0 Å². The smallest absolute Gasteiger partial charge is 0.339 e. The van der Waals surface area contributed by atoms with E-state index in [1.165, 1.54) is 0 Å². The zero-order valence-electron chi connectivity index (χ0n) is 11.5. The minimum Gasteiger partial charge on any atom is -0.379 e. The van der Waals surface area contributed by atoms with Crippen molar-refractivity contribution in [3.8, 4) is 16.9 Å². The lowest BCUT2D eigenvalue weighted by Gasteiger charge is -2.05. The Morgan fingerprint density at radius 1 is 0.810 bits per heavy atom. The van der Waals surface area contributed by atoms with Crippen LogP contribution in [0.25, 0.3) is 11.1 Å². The number of aryl methyl sites for hydroxylation is 1. The molecule has 0 N–H and O–H groups in total.